The highest BCUT2D eigenvalue weighted by Crippen LogP contribution is 2.15. The lowest BCUT2D eigenvalue weighted by Crippen LogP contribution is -2.13. The Bertz CT molecular complexity index is 708. The number of amides is 1. The van der Waals surface area contributed by atoms with Gasteiger partial charge in [0.15, 0.2) is 0 Å². The molecule has 1 amide bonds. The fourth-order valence-electron chi connectivity index (χ4n) is 1.92. The van der Waals surface area contributed by atoms with E-state index in [2.05, 4.69) is 22.3 Å². The van der Waals surface area contributed by atoms with Crippen LogP contribution >= 0.6 is 0 Å². The maximum atomic E-state index is 12.4. The van der Waals surface area contributed by atoms with Gasteiger partial charge in [-0.15, -0.1) is 0 Å². The molecule has 1 aromatic heterocycles. The number of nitrogens with one attached hydrogen (secondary N) is 1. The molecular weight excluding hydrogens is 266 g/mol. The maximum Gasteiger partial charge on any atom is 0.257 e. The van der Waals surface area contributed by atoms with E-state index in [4.69, 9.17) is 5.11 Å². The Labute approximate surface area is 123 Å². The van der Waals surface area contributed by atoms with Crippen molar-refractivity contribution in [2.75, 3.05) is 11.9 Å². The van der Waals surface area contributed by atoms with Crippen molar-refractivity contribution in [3.8, 4) is 11.8 Å². The van der Waals surface area contributed by atoms with Crippen molar-refractivity contribution in [1.29, 1.82) is 0 Å². The number of aryl methyl sites for hydroxylation is 2. The number of nitrogens with zero attached hydrogens (tertiary/aromatic N) is 2. The average Bonchev–Trinajstić information content (AvgIpc) is 2.77. The largest absolute Gasteiger partial charge is 0.395 e. The van der Waals surface area contributed by atoms with Crippen molar-refractivity contribution in [3.63, 3.8) is 0 Å². The first-order chi connectivity index (χ1) is 10.1. The van der Waals surface area contributed by atoms with Crippen LogP contribution in [-0.2, 0) is 7.05 Å². The van der Waals surface area contributed by atoms with Gasteiger partial charge in [0.05, 0.1) is 23.6 Å². The van der Waals surface area contributed by atoms with Gasteiger partial charge >= 0.3 is 0 Å². The van der Waals surface area contributed by atoms with Crippen LogP contribution in [-0.4, -0.2) is 27.4 Å². The highest BCUT2D eigenvalue weighted by molar-refractivity contribution is 6.06. The van der Waals surface area contributed by atoms with Gasteiger partial charge in [-0.3, -0.25) is 9.48 Å². The van der Waals surface area contributed by atoms with Gasteiger partial charge < -0.3 is 10.4 Å². The van der Waals surface area contributed by atoms with Crippen molar-refractivity contribution < 1.29 is 9.90 Å². The Kier molecular flexibility index (Phi) is 4.75. The molecule has 108 valence electrons. The number of anilines is 1. The molecule has 2 rings (SSSR count). The van der Waals surface area contributed by atoms with Crippen LogP contribution < -0.4 is 5.32 Å². The molecule has 0 fully saturated rings. The van der Waals surface area contributed by atoms with E-state index in [0.717, 1.165) is 5.69 Å². The fourth-order valence-corrected chi connectivity index (χ4v) is 1.92. The minimum absolute atomic E-state index is 0.0102. The molecule has 5 heteroatoms. The number of aliphatic hydroxyl groups excluding tert-OH is 1. The minimum atomic E-state index is -0.222. The predicted octanol–water partition coefficient (Wildman–Crippen LogP) is 1.71. The van der Waals surface area contributed by atoms with Gasteiger partial charge in [-0.25, -0.2) is 0 Å². The summed E-state index contributed by atoms with van der Waals surface area (Å²) in [5.41, 5.74) is 2.59. The van der Waals surface area contributed by atoms with Gasteiger partial charge in [-0.1, -0.05) is 24.0 Å². The number of aromatic nitrogens is 2. The van der Waals surface area contributed by atoms with E-state index < -0.39 is 0 Å². The SMILES string of the molecule is Cc1nn(C)cc1NC(=O)c1ccccc1C#CCCO. The Morgan fingerprint density at radius 2 is 2.19 bits per heavy atom. The first-order valence-electron chi connectivity index (χ1n) is 6.62. The molecule has 0 unspecified atom stereocenters. The van der Waals surface area contributed by atoms with E-state index in [-0.39, 0.29) is 12.5 Å². The molecule has 0 aliphatic carbocycles. The van der Waals surface area contributed by atoms with E-state index in [1.807, 2.05) is 13.0 Å². The summed E-state index contributed by atoms with van der Waals surface area (Å²) in [7, 11) is 1.80. The second-order valence-corrected chi connectivity index (χ2v) is 4.58. The second kappa shape index (κ2) is 6.73. The van der Waals surface area contributed by atoms with Crippen molar-refractivity contribution >= 4 is 11.6 Å². The topological polar surface area (TPSA) is 67.2 Å². The van der Waals surface area contributed by atoms with Crippen LogP contribution in [0, 0.1) is 18.8 Å². The lowest BCUT2D eigenvalue weighted by Gasteiger charge is -2.05. The monoisotopic (exact) mass is 283 g/mol. The average molecular weight is 283 g/mol. The minimum Gasteiger partial charge on any atom is -0.395 e. The molecule has 0 saturated carbocycles. The van der Waals surface area contributed by atoms with Crippen molar-refractivity contribution in [2.45, 2.75) is 13.3 Å². The standard InChI is InChI=1S/C16H17N3O2/c1-12-15(11-19(2)18-12)17-16(21)14-9-4-3-7-13(14)8-5-6-10-20/h3-4,7,9,11,20H,6,10H2,1-2H3,(H,17,21). The number of aliphatic hydroxyl groups is 1. The van der Waals surface area contributed by atoms with Crippen LogP contribution in [0.1, 0.15) is 28.0 Å². The zero-order valence-electron chi connectivity index (χ0n) is 12.1. The summed E-state index contributed by atoms with van der Waals surface area (Å²) in [5.74, 6) is 5.52. The van der Waals surface area contributed by atoms with Crippen molar-refractivity contribution in [2.24, 2.45) is 7.05 Å². The van der Waals surface area contributed by atoms with Gasteiger partial charge in [-0.2, -0.15) is 5.10 Å². The molecule has 1 heterocycles. The molecule has 0 aliphatic rings. The van der Waals surface area contributed by atoms with Crippen molar-refractivity contribution in [1.82, 2.24) is 9.78 Å². The van der Waals surface area contributed by atoms with Crippen LogP contribution in [0.15, 0.2) is 30.5 Å². The summed E-state index contributed by atoms with van der Waals surface area (Å²) in [6.07, 6.45) is 2.14. The molecular formula is C16H17N3O2. The molecule has 5 nitrogen and oxygen atoms in total. The number of benzene rings is 1. The third-order valence-corrected chi connectivity index (χ3v) is 2.89. The molecule has 0 radical (unpaired) electrons. The number of rotatable bonds is 3. The quantitative estimate of drug-likeness (QED) is 0.843. The molecule has 0 spiro atoms. The third kappa shape index (κ3) is 3.71. The van der Waals surface area contributed by atoms with Gasteiger partial charge in [-0.05, 0) is 19.1 Å². The molecule has 1 aromatic carbocycles. The molecule has 0 saturated heterocycles. The van der Waals surface area contributed by atoms with E-state index in [0.29, 0.717) is 23.2 Å². The van der Waals surface area contributed by atoms with Gasteiger partial charge in [0.25, 0.3) is 5.91 Å². The smallest absolute Gasteiger partial charge is 0.257 e. The number of carbonyl (C=O) groups excluding carboxylic acids is 1. The molecule has 2 N–H and O–H groups in total. The highest BCUT2D eigenvalue weighted by atomic mass is 16.2. The maximum absolute atomic E-state index is 12.4. The number of hydrogen-bond donors (Lipinski definition) is 2. The highest BCUT2D eigenvalue weighted by Gasteiger charge is 2.12. The van der Waals surface area contributed by atoms with Crippen LogP contribution in [0.3, 0.4) is 0 Å². The Balaban J connectivity index is 2.24. The predicted molar refractivity (Wildman–Crippen MR) is 80.9 cm³/mol. The lowest BCUT2D eigenvalue weighted by molar-refractivity contribution is 0.102. The lowest BCUT2D eigenvalue weighted by atomic mass is 10.1. The first-order valence-corrected chi connectivity index (χ1v) is 6.62. The summed E-state index contributed by atoms with van der Waals surface area (Å²) in [6.45, 7) is 1.85. The summed E-state index contributed by atoms with van der Waals surface area (Å²) >= 11 is 0. The molecule has 0 aliphatic heterocycles. The Hall–Kier alpha value is -2.58. The van der Waals surface area contributed by atoms with E-state index in [1.165, 1.54) is 0 Å². The van der Waals surface area contributed by atoms with Crippen LogP contribution in [0.5, 0.6) is 0 Å². The number of hydrogen-bond acceptors (Lipinski definition) is 3. The Morgan fingerprint density at radius 1 is 1.43 bits per heavy atom. The zero-order chi connectivity index (χ0) is 15.2. The van der Waals surface area contributed by atoms with Gasteiger partial charge in [0.1, 0.15) is 0 Å². The van der Waals surface area contributed by atoms with Crippen molar-refractivity contribution in [3.05, 3.63) is 47.3 Å². The molecule has 2 aromatic rings. The molecule has 0 bridgehead atoms. The van der Waals surface area contributed by atoms with Crippen LogP contribution in [0.4, 0.5) is 5.69 Å². The zero-order valence-corrected chi connectivity index (χ0v) is 12.1. The van der Waals surface area contributed by atoms with E-state index >= 15 is 0 Å². The molecule has 21 heavy (non-hydrogen) atoms. The van der Waals surface area contributed by atoms with Crippen LogP contribution in [0.2, 0.25) is 0 Å². The summed E-state index contributed by atoms with van der Waals surface area (Å²) < 4.78 is 1.65. The number of carbonyl (C=O) groups is 1. The first kappa shape index (κ1) is 14.8. The van der Waals surface area contributed by atoms with Crippen LogP contribution in [0.25, 0.3) is 0 Å². The van der Waals surface area contributed by atoms with E-state index in [9.17, 15) is 4.79 Å². The molecule has 0 atom stereocenters. The Morgan fingerprint density at radius 3 is 2.86 bits per heavy atom. The third-order valence-electron chi connectivity index (χ3n) is 2.89. The second-order valence-electron chi connectivity index (χ2n) is 4.58. The van der Waals surface area contributed by atoms with Gasteiger partial charge in [0, 0.05) is 25.2 Å². The fraction of sp³-hybridized carbons (Fsp3) is 0.250. The summed E-state index contributed by atoms with van der Waals surface area (Å²) in [6, 6.07) is 7.14. The van der Waals surface area contributed by atoms with Gasteiger partial charge in [0.2, 0.25) is 0 Å². The summed E-state index contributed by atoms with van der Waals surface area (Å²) in [5, 5.41) is 15.8. The summed E-state index contributed by atoms with van der Waals surface area (Å²) in [4.78, 5) is 12.4. The normalized spacial score (nSPS) is 9.86. The van der Waals surface area contributed by atoms with E-state index in [1.54, 1.807) is 36.1 Å².